The van der Waals surface area contributed by atoms with Gasteiger partial charge in [-0.3, -0.25) is 4.79 Å². The van der Waals surface area contributed by atoms with Crippen LogP contribution in [0.25, 0.3) is 0 Å². The van der Waals surface area contributed by atoms with Gasteiger partial charge in [-0.25, -0.2) is 4.79 Å². The van der Waals surface area contributed by atoms with Crippen LogP contribution in [0, 0.1) is 0 Å². The van der Waals surface area contributed by atoms with E-state index in [0.29, 0.717) is 0 Å². The van der Waals surface area contributed by atoms with Gasteiger partial charge >= 0.3 is 24.0 Å². The van der Waals surface area contributed by atoms with Crippen molar-refractivity contribution in [3.8, 4) is 0 Å². The maximum Gasteiger partial charge on any atom is 0.463 e. The number of rotatable bonds is 7. The molecule has 10 heteroatoms. The highest BCUT2D eigenvalue weighted by Crippen LogP contribution is 2.35. The second-order valence-corrected chi connectivity index (χ2v) is 4.51. The lowest BCUT2D eigenvalue weighted by Gasteiger charge is -2.23. The summed E-state index contributed by atoms with van der Waals surface area (Å²) in [5, 5.41) is 1.36. The van der Waals surface area contributed by atoms with E-state index in [9.17, 15) is 31.5 Å². The number of esters is 1. The van der Waals surface area contributed by atoms with Crippen molar-refractivity contribution in [1.29, 1.82) is 0 Å². The van der Waals surface area contributed by atoms with E-state index in [-0.39, 0.29) is 19.4 Å². The summed E-state index contributed by atoms with van der Waals surface area (Å²) in [6, 6.07) is -1.61. The highest BCUT2D eigenvalue weighted by atomic mass is 19.4. The van der Waals surface area contributed by atoms with E-state index in [1.54, 1.807) is 0 Å². The Bertz CT molecular complexity index is 371. The molecular weight excluding hydrogens is 303 g/mol. The summed E-state index contributed by atoms with van der Waals surface area (Å²) in [5.41, 5.74) is 5.17. The lowest BCUT2D eigenvalue weighted by atomic mass is 10.1. The number of ether oxygens (including phenoxy) is 1. The van der Waals surface area contributed by atoms with Gasteiger partial charge in [-0.2, -0.15) is 22.0 Å². The van der Waals surface area contributed by atoms with Gasteiger partial charge in [-0.15, -0.1) is 0 Å². The van der Waals surface area contributed by atoms with Crippen LogP contribution in [0.2, 0.25) is 0 Å². The summed E-state index contributed by atoms with van der Waals surface area (Å²) in [6.45, 7) is 2.99. The van der Waals surface area contributed by atoms with E-state index >= 15 is 0 Å². The topological polar surface area (TPSA) is 81.4 Å². The molecular formula is C11H17F5N2O3. The average molecular weight is 320 g/mol. The molecule has 0 saturated carbocycles. The number of halogens is 5. The lowest BCUT2D eigenvalue weighted by molar-refractivity contribution is -0.270. The Morgan fingerprint density at radius 3 is 2.10 bits per heavy atom. The number of nitrogens with two attached hydrogens (primary N) is 1. The summed E-state index contributed by atoms with van der Waals surface area (Å²) < 4.78 is 66.5. The molecule has 124 valence electrons. The van der Waals surface area contributed by atoms with Crippen LogP contribution in [0.5, 0.6) is 0 Å². The van der Waals surface area contributed by atoms with Crippen LogP contribution in [-0.4, -0.2) is 42.7 Å². The standard InChI is InChI=1S/C11H17F5N2O3/c1-6(2)21-8(19)7(4-3-5-17)18-9(20)10(12,13)11(14,15)16/h6-7H,3-5,17H2,1-2H3,(H,18,20)/t7-/m0/s1. The number of nitrogens with one attached hydrogen (secondary N) is 1. The summed E-state index contributed by atoms with van der Waals surface area (Å²) in [6.07, 6.45) is -6.73. The Labute approximate surface area is 118 Å². The lowest BCUT2D eigenvalue weighted by Crippen LogP contribution is -2.55. The van der Waals surface area contributed by atoms with Gasteiger partial charge in [0.1, 0.15) is 6.04 Å². The molecule has 21 heavy (non-hydrogen) atoms. The van der Waals surface area contributed by atoms with Crippen molar-refractivity contribution < 1.29 is 36.3 Å². The van der Waals surface area contributed by atoms with E-state index in [1.807, 2.05) is 0 Å². The first kappa shape index (κ1) is 19.6. The first-order valence-corrected chi connectivity index (χ1v) is 6.09. The van der Waals surface area contributed by atoms with Gasteiger partial charge in [-0.05, 0) is 33.2 Å². The van der Waals surface area contributed by atoms with Crippen molar-refractivity contribution in [1.82, 2.24) is 5.32 Å². The van der Waals surface area contributed by atoms with E-state index in [2.05, 4.69) is 4.74 Å². The molecule has 0 fully saturated rings. The molecule has 0 saturated heterocycles. The highest BCUT2D eigenvalue weighted by Gasteiger charge is 2.63. The quantitative estimate of drug-likeness (QED) is 0.548. The minimum absolute atomic E-state index is 0.0665. The number of hydrogen-bond donors (Lipinski definition) is 2. The van der Waals surface area contributed by atoms with Crippen LogP contribution >= 0.6 is 0 Å². The van der Waals surface area contributed by atoms with Gasteiger partial charge in [-0.1, -0.05) is 0 Å². The fraction of sp³-hybridized carbons (Fsp3) is 0.818. The molecule has 0 spiro atoms. The summed E-state index contributed by atoms with van der Waals surface area (Å²) in [5.74, 6) is -9.28. The largest absolute Gasteiger partial charge is 0.463 e. The molecule has 0 aromatic rings. The molecule has 0 aromatic carbocycles. The monoisotopic (exact) mass is 320 g/mol. The summed E-state index contributed by atoms with van der Waals surface area (Å²) >= 11 is 0. The molecule has 0 unspecified atom stereocenters. The highest BCUT2D eigenvalue weighted by molar-refractivity contribution is 5.89. The van der Waals surface area contributed by atoms with E-state index in [0.717, 1.165) is 0 Å². The molecule has 0 heterocycles. The molecule has 0 bridgehead atoms. The van der Waals surface area contributed by atoms with Crippen molar-refractivity contribution in [2.75, 3.05) is 6.54 Å². The van der Waals surface area contributed by atoms with Gasteiger partial charge in [0.15, 0.2) is 0 Å². The van der Waals surface area contributed by atoms with Crippen LogP contribution in [0.1, 0.15) is 26.7 Å². The summed E-state index contributed by atoms with van der Waals surface area (Å²) in [4.78, 5) is 22.6. The van der Waals surface area contributed by atoms with Crippen molar-refractivity contribution in [2.24, 2.45) is 5.73 Å². The zero-order valence-corrected chi connectivity index (χ0v) is 11.5. The van der Waals surface area contributed by atoms with E-state index in [1.165, 1.54) is 19.2 Å². The van der Waals surface area contributed by atoms with Gasteiger partial charge in [0.05, 0.1) is 6.10 Å². The second-order valence-electron chi connectivity index (χ2n) is 4.51. The Kier molecular flexibility index (Phi) is 7.01. The second kappa shape index (κ2) is 7.53. The van der Waals surface area contributed by atoms with E-state index < -0.39 is 36.1 Å². The molecule has 0 radical (unpaired) electrons. The van der Waals surface area contributed by atoms with Gasteiger partial charge in [0.25, 0.3) is 0 Å². The first-order valence-electron chi connectivity index (χ1n) is 6.09. The molecule has 0 aliphatic carbocycles. The smallest absolute Gasteiger partial charge is 0.461 e. The van der Waals surface area contributed by atoms with Gasteiger partial charge < -0.3 is 15.8 Å². The van der Waals surface area contributed by atoms with Crippen molar-refractivity contribution in [3.63, 3.8) is 0 Å². The molecule has 0 aromatic heterocycles. The Balaban J connectivity index is 4.96. The molecule has 0 rings (SSSR count). The van der Waals surface area contributed by atoms with Gasteiger partial charge in [0, 0.05) is 0 Å². The SMILES string of the molecule is CC(C)OC(=O)[C@H](CCCN)NC(=O)C(F)(F)C(F)(F)F. The zero-order chi connectivity index (χ0) is 16.8. The van der Waals surface area contributed by atoms with E-state index in [4.69, 9.17) is 5.73 Å². The third kappa shape index (κ3) is 5.82. The summed E-state index contributed by atoms with van der Waals surface area (Å²) in [7, 11) is 0. The molecule has 1 atom stereocenters. The van der Waals surface area contributed by atoms with Crippen molar-refractivity contribution in [2.45, 2.75) is 50.9 Å². The Morgan fingerprint density at radius 1 is 1.19 bits per heavy atom. The van der Waals surface area contributed by atoms with Gasteiger partial charge in [0.2, 0.25) is 0 Å². The molecule has 3 N–H and O–H groups in total. The third-order valence-electron chi connectivity index (χ3n) is 2.28. The maximum absolute atomic E-state index is 12.8. The number of alkyl halides is 5. The van der Waals surface area contributed by atoms with Crippen LogP contribution in [0.3, 0.4) is 0 Å². The molecule has 0 aliphatic heterocycles. The molecule has 0 aliphatic rings. The predicted molar refractivity (Wildman–Crippen MR) is 62.4 cm³/mol. The third-order valence-corrected chi connectivity index (χ3v) is 2.28. The molecule has 1 amide bonds. The maximum atomic E-state index is 12.8. The fourth-order valence-corrected chi connectivity index (χ4v) is 1.26. The predicted octanol–water partition coefficient (Wildman–Crippen LogP) is 1.36. The first-order chi connectivity index (χ1) is 9.43. The number of hydrogen-bond acceptors (Lipinski definition) is 4. The normalized spacial score (nSPS) is 14.0. The van der Waals surface area contributed by atoms with Crippen LogP contribution in [0.15, 0.2) is 0 Å². The van der Waals surface area contributed by atoms with Crippen LogP contribution in [-0.2, 0) is 14.3 Å². The number of amides is 1. The number of carbonyl (C=O) groups is 2. The minimum atomic E-state index is -6.04. The number of carbonyl (C=O) groups excluding carboxylic acids is 2. The Morgan fingerprint density at radius 2 is 1.71 bits per heavy atom. The van der Waals surface area contributed by atoms with Crippen LogP contribution in [0.4, 0.5) is 22.0 Å². The molecule has 5 nitrogen and oxygen atoms in total. The minimum Gasteiger partial charge on any atom is -0.461 e. The van der Waals surface area contributed by atoms with Crippen molar-refractivity contribution >= 4 is 11.9 Å². The zero-order valence-electron chi connectivity index (χ0n) is 11.5. The van der Waals surface area contributed by atoms with Crippen molar-refractivity contribution in [3.05, 3.63) is 0 Å². The average Bonchev–Trinajstić information content (AvgIpc) is 2.31. The van der Waals surface area contributed by atoms with Crippen LogP contribution < -0.4 is 11.1 Å². The fourth-order valence-electron chi connectivity index (χ4n) is 1.26. The Hall–Kier alpha value is -1.45.